The smallest absolute Gasteiger partial charge is 0.280 e. The number of halogens is 2. The van der Waals surface area contributed by atoms with Gasteiger partial charge in [-0.1, -0.05) is 6.07 Å². The van der Waals surface area contributed by atoms with E-state index in [0.29, 0.717) is 35.3 Å². The first-order chi connectivity index (χ1) is 14.9. The highest BCUT2D eigenvalue weighted by Crippen LogP contribution is 2.39. The Kier molecular flexibility index (Phi) is 5.85. The summed E-state index contributed by atoms with van der Waals surface area (Å²) in [6, 6.07) is 6.90. The van der Waals surface area contributed by atoms with E-state index in [-0.39, 0.29) is 11.8 Å². The van der Waals surface area contributed by atoms with E-state index in [4.69, 9.17) is 14.5 Å². The van der Waals surface area contributed by atoms with Crippen molar-refractivity contribution in [1.82, 2.24) is 15.0 Å². The van der Waals surface area contributed by atoms with Gasteiger partial charge in [0.1, 0.15) is 11.8 Å². The predicted molar refractivity (Wildman–Crippen MR) is 115 cm³/mol. The van der Waals surface area contributed by atoms with Gasteiger partial charge >= 0.3 is 0 Å². The highest BCUT2D eigenvalue weighted by atomic mass is 19.3. The Bertz CT molecular complexity index is 1110. The molecule has 3 heterocycles. The highest BCUT2D eigenvalue weighted by Gasteiger charge is 2.28. The summed E-state index contributed by atoms with van der Waals surface area (Å²) >= 11 is 0. The van der Waals surface area contributed by atoms with Gasteiger partial charge in [0.05, 0.1) is 29.1 Å². The molecule has 0 aromatic carbocycles. The molecule has 31 heavy (non-hydrogen) atoms. The van der Waals surface area contributed by atoms with Gasteiger partial charge in [-0.3, -0.25) is 0 Å². The molecule has 3 aromatic heterocycles. The lowest BCUT2D eigenvalue weighted by Gasteiger charge is -2.17. The molecule has 0 unspecified atom stereocenters. The molecule has 0 atom stereocenters. The van der Waals surface area contributed by atoms with Gasteiger partial charge < -0.3 is 9.47 Å². The van der Waals surface area contributed by atoms with Crippen molar-refractivity contribution < 1.29 is 18.3 Å². The Hall–Kier alpha value is -3.09. The van der Waals surface area contributed by atoms with Crippen LogP contribution in [0, 0.1) is 20.8 Å². The number of aryl methyl sites for hydroxylation is 3. The molecule has 0 amide bonds. The Labute approximate surface area is 180 Å². The second-order valence-corrected chi connectivity index (χ2v) is 7.82. The van der Waals surface area contributed by atoms with Gasteiger partial charge in [0, 0.05) is 6.20 Å². The summed E-state index contributed by atoms with van der Waals surface area (Å²) < 4.78 is 38.4. The van der Waals surface area contributed by atoms with Crippen molar-refractivity contribution in [1.29, 1.82) is 0 Å². The topological polar surface area (TPSA) is 57.1 Å². The van der Waals surface area contributed by atoms with Crippen molar-refractivity contribution in [2.24, 2.45) is 0 Å². The van der Waals surface area contributed by atoms with Crippen LogP contribution in [0.15, 0.2) is 30.5 Å². The molecule has 7 heteroatoms. The van der Waals surface area contributed by atoms with Gasteiger partial charge in [0.2, 0.25) is 11.8 Å². The van der Waals surface area contributed by atoms with Gasteiger partial charge in [0.25, 0.3) is 6.43 Å². The van der Waals surface area contributed by atoms with Crippen molar-refractivity contribution >= 4 is 0 Å². The van der Waals surface area contributed by atoms with Crippen LogP contribution >= 0.6 is 0 Å². The van der Waals surface area contributed by atoms with Crippen LogP contribution in [0.4, 0.5) is 8.78 Å². The minimum absolute atomic E-state index is 0.0855. The van der Waals surface area contributed by atoms with Crippen LogP contribution < -0.4 is 9.47 Å². The Balaban J connectivity index is 1.90. The van der Waals surface area contributed by atoms with Crippen molar-refractivity contribution in [2.75, 3.05) is 6.61 Å². The van der Waals surface area contributed by atoms with E-state index in [1.807, 2.05) is 39.8 Å². The lowest BCUT2D eigenvalue weighted by Crippen LogP contribution is -2.06. The average Bonchev–Trinajstić information content (AvgIpc) is 3.55. The van der Waals surface area contributed by atoms with Gasteiger partial charge in [-0.2, -0.15) is 0 Å². The van der Waals surface area contributed by atoms with E-state index >= 15 is 0 Å². The quantitative estimate of drug-likeness (QED) is 0.464. The lowest BCUT2D eigenvalue weighted by atomic mass is 10.0. The third-order valence-electron chi connectivity index (χ3n) is 5.10. The van der Waals surface area contributed by atoms with Crippen LogP contribution in [0.5, 0.6) is 11.8 Å². The van der Waals surface area contributed by atoms with Gasteiger partial charge in [-0.15, -0.1) is 0 Å². The number of hydrogen-bond acceptors (Lipinski definition) is 5. The summed E-state index contributed by atoms with van der Waals surface area (Å²) in [7, 11) is 0. The van der Waals surface area contributed by atoms with Gasteiger partial charge in [-0.05, 0) is 75.4 Å². The van der Waals surface area contributed by atoms with Crippen LogP contribution in [0.25, 0.3) is 22.5 Å². The molecule has 1 aliphatic carbocycles. The number of pyridine rings is 3. The zero-order valence-corrected chi connectivity index (χ0v) is 18.1. The molecule has 0 radical (unpaired) electrons. The van der Waals surface area contributed by atoms with Crippen LogP contribution in [-0.4, -0.2) is 27.7 Å². The minimum atomic E-state index is -2.65. The van der Waals surface area contributed by atoms with E-state index in [0.717, 1.165) is 35.1 Å². The number of nitrogens with zero attached hydrogens (tertiary/aromatic N) is 3. The van der Waals surface area contributed by atoms with E-state index < -0.39 is 6.43 Å². The first kappa shape index (κ1) is 21.2. The molecule has 5 nitrogen and oxygen atoms in total. The maximum absolute atomic E-state index is 13.3. The van der Waals surface area contributed by atoms with E-state index in [9.17, 15) is 8.78 Å². The Morgan fingerprint density at radius 2 is 1.68 bits per heavy atom. The molecule has 0 aliphatic heterocycles. The van der Waals surface area contributed by atoms with Crippen LogP contribution in [-0.2, 0) is 0 Å². The molecule has 4 rings (SSSR count). The lowest BCUT2D eigenvalue weighted by molar-refractivity contribution is 0.146. The third-order valence-corrected chi connectivity index (χ3v) is 5.10. The summed E-state index contributed by atoms with van der Waals surface area (Å²) in [6.07, 6.45) is 1.09. The van der Waals surface area contributed by atoms with Crippen molar-refractivity contribution in [3.8, 4) is 34.3 Å². The molecule has 1 saturated carbocycles. The zero-order chi connectivity index (χ0) is 22.1. The molecular formula is C24H25F2N3O2. The molecule has 1 aliphatic rings. The largest absolute Gasteiger partial charge is 0.477 e. The summed E-state index contributed by atoms with van der Waals surface area (Å²) in [5.41, 5.74) is 4.91. The fraction of sp³-hybridized carbons (Fsp3) is 0.375. The van der Waals surface area contributed by atoms with Crippen molar-refractivity contribution in [3.63, 3.8) is 0 Å². The second-order valence-electron chi connectivity index (χ2n) is 7.82. The number of hydrogen-bond donors (Lipinski definition) is 0. The summed E-state index contributed by atoms with van der Waals surface area (Å²) in [6.45, 7) is 8.12. The number of ether oxygens (including phenoxy) is 2. The highest BCUT2D eigenvalue weighted by molar-refractivity contribution is 5.76. The monoisotopic (exact) mass is 425 g/mol. The van der Waals surface area contributed by atoms with Crippen molar-refractivity contribution in [2.45, 2.75) is 53.1 Å². The molecule has 0 saturated heterocycles. The maximum atomic E-state index is 13.3. The summed E-state index contributed by atoms with van der Waals surface area (Å²) in [4.78, 5) is 13.5. The van der Waals surface area contributed by atoms with Gasteiger partial charge in [0.15, 0.2) is 0 Å². The normalized spacial score (nSPS) is 13.5. The average molecular weight is 425 g/mol. The number of alkyl halides is 2. The first-order valence-corrected chi connectivity index (χ1v) is 10.4. The summed E-state index contributed by atoms with van der Waals surface area (Å²) in [5.74, 6) is 0.900. The maximum Gasteiger partial charge on any atom is 0.280 e. The molecule has 162 valence electrons. The molecule has 0 N–H and O–H groups in total. The van der Waals surface area contributed by atoms with E-state index in [2.05, 4.69) is 9.97 Å². The third kappa shape index (κ3) is 4.50. The van der Waals surface area contributed by atoms with Gasteiger partial charge in [-0.25, -0.2) is 23.7 Å². The van der Waals surface area contributed by atoms with E-state index in [1.54, 1.807) is 12.3 Å². The fourth-order valence-corrected chi connectivity index (χ4v) is 3.39. The Morgan fingerprint density at radius 3 is 2.35 bits per heavy atom. The van der Waals surface area contributed by atoms with Crippen molar-refractivity contribution in [3.05, 3.63) is 52.8 Å². The standard InChI is InChI=1S/C24H25F2N3O2/c1-5-30-23-17(10-13(2)12-27-23)21-15(4)11-18(24(29-21)31-16-7-8-16)20-14(3)6-9-19(28-20)22(25)26/h6,9-12,16,22H,5,7-8H2,1-4H3. The van der Waals surface area contributed by atoms with Crippen LogP contribution in [0.1, 0.15) is 48.6 Å². The van der Waals surface area contributed by atoms with Crippen LogP contribution in [0.3, 0.4) is 0 Å². The number of aromatic nitrogens is 3. The fourth-order valence-electron chi connectivity index (χ4n) is 3.39. The Morgan fingerprint density at radius 1 is 0.968 bits per heavy atom. The molecule has 3 aromatic rings. The van der Waals surface area contributed by atoms with Crippen LogP contribution in [0.2, 0.25) is 0 Å². The molecule has 0 spiro atoms. The SMILES string of the molecule is CCOc1ncc(C)cc1-c1nc(OC2CC2)c(-c2nc(C(F)F)ccc2C)cc1C. The predicted octanol–water partition coefficient (Wildman–Crippen LogP) is 6.01. The molecule has 1 fully saturated rings. The number of rotatable bonds is 7. The second kappa shape index (κ2) is 8.57. The van der Waals surface area contributed by atoms with E-state index in [1.165, 1.54) is 6.07 Å². The molecule has 0 bridgehead atoms. The zero-order valence-electron chi connectivity index (χ0n) is 18.1. The first-order valence-electron chi connectivity index (χ1n) is 10.4. The minimum Gasteiger partial charge on any atom is -0.477 e. The summed E-state index contributed by atoms with van der Waals surface area (Å²) in [5, 5.41) is 0. The molecular weight excluding hydrogens is 400 g/mol.